The standard InChI is InChI=1S/C17H15BrF3N5O/c1-26-10-24-25-16(26)9-27-13-4-2-3-12(6-13)22-8-15-14(17(19,20)21)5-11(18)7-23-15/h2-7,10,22H,8-9H2,1H3. The highest BCUT2D eigenvalue weighted by molar-refractivity contribution is 9.10. The third kappa shape index (κ3) is 4.97. The van der Waals surface area contributed by atoms with Crippen molar-refractivity contribution < 1.29 is 17.9 Å². The van der Waals surface area contributed by atoms with Crippen LogP contribution in [0.4, 0.5) is 18.9 Å². The van der Waals surface area contributed by atoms with Crippen molar-refractivity contribution in [2.45, 2.75) is 19.3 Å². The number of alkyl halides is 3. The average Bonchev–Trinajstić information content (AvgIpc) is 3.03. The Morgan fingerprint density at radius 2 is 2.07 bits per heavy atom. The first kappa shape index (κ1) is 19.2. The SMILES string of the molecule is Cn1cnnc1COc1cccc(NCc2ncc(Br)cc2C(F)(F)F)c1. The average molecular weight is 442 g/mol. The quantitative estimate of drug-likeness (QED) is 0.621. The minimum Gasteiger partial charge on any atom is -0.486 e. The van der Waals surface area contributed by atoms with Crippen molar-refractivity contribution in [1.82, 2.24) is 19.7 Å². The number of rotatable bonds is 6. The van der Waals surface area contributed by atoms with Crippen LogP contribution in [0, 0.1) is 0 Å². The molecule has 3 aromatic rings. The first-order valence-corrected chi connectivity index (χ1v) is 8.63. The molecule has 0 spiro atoms. The van der Waals surface area contributed by atoms with Crippen LogP contribution < -0.4 is 10.1 Å². The molecule has 0 aliphatic rings. The van der Waals surface area contributed by atoms with E-state index in [0.717, 1.165) is 6.07 Å². The highest BCUT2D eigenvalue weighted by Gasteiger charge is 2.34. The normalized spacial score (nSPS) is 11.4. The maximum absolute atomic E-state index is 13.2. The van der Waals surface area contributed by atoms with Gasteiger partial charge in [0.05, 0.1) is 17.8 Å². The summed E-state index contributed by atoms with van der Waals surface area (Å²) in [5.74, 6) is 1.21. The van der Waals surface area contributed by atoms with Crippen LogP contribution in [0.1, 0.15) is 17.1 Å². The Bertz CT molecular complexity index is 929. The largest absolute Gasteiger partial charge is 0.486 e. The van der Waals surface area contributed by atoms with Gasteiger partial charge in [-0.3, -0.25) is 4.98 Å². The molecule has 0 aliphatic carbocycles. The van der Waals surface area contributed by atoms with Crippen molar-refractivity contribution in [2.24, 2.45) is 7.05 Å². The molecule has 0 radical (unpaired) electrons. The maximum Gasteiger partial charge on any atom is 0.418 e. The molecule has 3 rings (SSSR count). The number of aromatic nitrogens is 4. The molecule has 6 nitrogen and oxygen atoms in total. The summed E-state index contributed by atoms with van der Waals surface area (Å²) in [6.07, 6.45) is -1.57. The van der Waals surface area contributed by atoms with Gasteiger partial charge < -0.3 is 14.6 Å². The molecule has 0 saturated carbocycles. The van der Waals surface area contributed by atoms with Gasteiger partial charge in [0.25, 0.3) is 0 Å². The van der Waals surface area contributed by atoms with Crippen LogP contribution in [0.2, 0.25) is 0 Å². The zero-order chi connectivity index (χ0) is 19.4. The van der Waals surface area contributed by atoms with E-state index in [1.165, 1.54) is 6.20 Å². The zero-order valence-electron chi connectivity index (χ0n) is 14.2. The lowest BCUT2D eigenvalue weighted by Crippen LogP contribution is -2.13. The molecule has 0 aliphatic heterocycles. The van der Waals surface area contributed by atoms with Gasteiger partial charge in [-0.05, 0) is 34.1 Å². The second-order valence-electron chi connectivity index (χ2n) is 5.67. The van der Waals surface area contributed by atoms with E-state index < -0.39 is 11.7 Å². The number of halogens is 4. The van der Waals surface area contributed by atoms with Crippen molar-refractivity contribution in [1.29, 1.82) is 0 Å². The number of anilines is 1. The van der Waals surface area contributed by atoms with Gasteiger partial charge in [-0.15, -0.1) is 10.2 Å². The van der Waals surface area contributed by atoms with Crippen LogP contribution in [0.15, 0.2) is 47.3 Å². The molecule has 0 saturated heterocycles. The molecule has 142 valence electrons. The molecular weight excluding hydrogens is 427 g/mol. The summed E-state index contributed by atoms with van der Waals surface area (Å²) in [6, 6.07) is 7.95. The molecule has 0 amide bonds. The number of benzene rings is 1. The van der Waals surface area contributed by atoms with Gasteiger partial charge in [0.1, 0.15) is 18.7 Å². The third-order valence-electron chi connectivity index (χ3n) is 3.71. The van der Waals surface area contributed by atoms with Gasteiger partial charge in [0.15, 0.2) is 5.82 Å². The third-order valence-corrected chi connectivity index (χ3v) is 4.14. The molecule has 2 aromatic heterocycles. The summed E-state index contributed by atoms with van der Waals surface area (Å²) in [6.45, 7) is 0.154. The Morgan fingerprint density at radius 3 is 2.78 bits per heavy atom. The molecule has 0 bridgehead atoms. The number of aryl methyl sites for hydroxylation is 1. The fraction of sp³-hybridized carbons (Fsp3) is 0.235. The van der Waals surface area contributed by atoms with Crippen LogP contribution >= 0.6 is 15.9 Å². The fourth-order valence-corrected chi connectivity index (χ4v) is 2.65. The lowest BCUT2D eigenvalue weighted by atomic mass is 10.2. The smallest absolute Gasteiger partial charge is 0.418 e. The summed E-state index contributed by atoms with van der Waals surface area (Å²) >= 11 is 3.02. The maximum atomic E-state index is 13.2. The van der Waals surface area contributed by atoms with Crippen LogP contribution in [-0.2, 0) is 26.4 Å². The van der Waals surface area contributed by atoms with E-state index in [2.05, 4.69) is 36.4 Å². The van der Waals surface area contributed by atoms with Crippen molar-refractivity contribution in [3.05, 3.63) is 64.4 Å². The van der Waals surface area contributed by atoms with Crippen LogP contribution in [0.3, 0.4) is 0 Å². The van der Waals surface area contributed by atoms with E-state index in [1.807, 2.05) is 0 Å². The summed E-state index contributed by atoms with van der Waals surface area (Å²) < 4.78 is 47.2. The lowest BCUT2D eigenvalue weighted by Gasteiger charge is -2.14. The van der Waals surface area contributed by atoms with Crippen molar-refractivity contribution in [3.8, 4) is 5.75 Å². The van der Waals surface area contributed by atoms with Crippen molar-refractivity contribution >= 4 is 21.6 Å². The number of ether oxygens (including phenoxy) is 1. The Labute approximate surface area is 161 Å². The molecule has 1 N–H and O–H groups in total. The molecule has 0 unspecified atom stereocenters. The Morgan fingerprint density at radius 1 is 1.26 bits per heavy atom. The monoisotopic (exact) mass is 441 g/mol. The van der Waals surface area contributed by atoms with Crippen LogP contribution in [-0.4, -0.2) is 19.7 Å². The van der Waals surface area contributed by atoms with Crippen LogP contribution in [0.25, 0.3) is 0 Å². The molecular formula is C17H15BrF3N5O. The molecule has 0 atom stereocenters. The molecule has 1 aromatic carbocycles. The van der Waals surface area contributed by atoms with Gasteiger partial charge in [-0.1, -0.05) is 6.07 Å². The first-order valence-electron chi connectivity index (χ1n) is 7.84. The Balaban J connectivity index is 1.68. The first-order chi connectivity index (χ1) is 12.8. The number of hydrogen-bond acceptors (Lipinski definition) is 5. The number of nitrogens with zero attached hydrogens (tertiary/aromatic N) is 4. The topological polar surface area (TPSA) is 64.9 Å². The van der Waals surface area contributed by atoms with E-state index in [0.29, 0.717) is 17.3 Å². The molecule has 0 fully saturated rings. The van der Waals surface area contributed by atoms with E-state index in [9.17, 15) is 13.2 Å². The number of pyridine rings is 1. The highest BCUT2D eigenvalue weighted by Crippen LogP contribution is 2.33. The predicted molar refractivity (Wildman–Crippen MR) is 96.0 cm³/mol. The van der Waals surface area contributed by atoms with Gasteiger partial charge in [0, 0.05) is 29.5 Å². The zero-order valence-corrected chi connectivity index (χ0v) is 15.8. The summed E-state index contributed by atoms with van der Waals surface area (Å²) in [4.78, 5) is 3.88. The number of hydrogen-bond donors (Lipinski definition) is 1. The van der Waals surface area contributed by atoms with Gasteiger partial charge in [-0.25, -0.2) is 0 Å². The van der Waals surface area contributed by atoms with Gasteiger partial charge in [-0.2, -0.15) is 13.2 Å². The predicted octanol–water partition coefficient (Wildman–Crippen LogP) is 4.18. The van der Waals surface area contributed by atoms with Gasteiger partial charge in [0.2, 0.25) is 0 Å². The van der Waals surface area contributed by atoms with Crippen molar-refractivity contribution in [3.63, 3.8) is 0 Å². The van der Waals surface area contributed by atoms with Crippen molar-refractivity contribution in [2.75, 3.05) is 5.32 Å². The second-order valence-corrected chi connectivity index (χ2v) is 6.59. The fourth-order valence-electron chi connectivity index (χ4n) is 2.32. The summed E-state index contributed by atoms with van der Waals surface area (Å²) in [5, 5.41) is 10.6. The Hall–Kier alpha value is -2.62. The summed E-state index contributed by atoms with van der Waals surface area (Å²) in [7, 11) is 1.81. The van der Waals surface area contributed by atoms with Crippen LogP contribution in [0.5, 0.6) is 5.75 Å². The lowest BCUT2D eigenvalue weighted by molar-refractivity contribution is -0.138. The minimum atomic E-state index is -4.48. The van der Waals surface area contributed by atoms with E-state index >= 15 is 0 Å². The molecule has 2 heterocycles. The van der Waals surface area contributed by atoms with Gasteiger partial charge >= 0.3 is 6.18 Å². The van der Waals surface area contributed by atoms with E-state index in [1.54, 1.807) is 42.2 Å². The molecule has 10 heteroatoms. The van der Waals surface area contributed by atoms with E-state index in [-0.39, 0.29) is 23.3 Å². The number of nitrogens with one attached hydrogen (secondary N) is 1. The Kier molecular flexibility index (Phi) is 5.64. The van der Waals surface area contributed by atoms with E-state index in [4.69, 9.17) is 4.74 Å². The summed E-state index contributed by atoms with van der Waals surface area (Å²) in [5.41, 5.74) is -0.251. The second kappa shape index (κ2) is 7.95. The minimum absolute atomic E-state index is 0.0745. The molecule has 27 heavy (non-hydrogen) atoms. The highest BCUT2D eigenvalue weighted by atomic mass is 79.9.